The largest absolute Gasteiger partial charge is 0.457 e. The summed E-state index contributed by atoms with van der Waals surface area (Å²) in [6.07, 6.45) is 2.01. The molecule has 1 amide bonds. The van der Waals surface area contributed by atoms with Gasteiger partial charge in [0.25, 0.3) is 0 Å². The minimum absolute atomic E-state index is 0.180. The molecule has 2 aromatic rings. The average molecular weight is 337 g/mol. The lowest BCUT2D eigenvalue weighted by Gasteiger charge is -2.36. The van der Waals surface area contributed by atoms with Crippen LogP contribution in [0.25, 0.3) is 0 Å². The molecule has 0 spiro atoms. The number of carbonyl (C=O) groups excluding carboxylic acids is 1. The fourth-order valence-electron chi connectivity index (χ4n) is 3.91. The fraction of sp³-hybridized carbons (Fsp3) is 0.381. The molecule has 4 heteroatoms. The molecular formula is C21H23NO3. The van der Waals surface area contributed by atoms with Crippen LogP contribution in [0.5, 0.6) is 11.5 Å². The number of amides is 1. The van der Waals surface area contributed by atoms with Crippen molar-refractivity contribution in [2.45, 2.75) is 18.8 Å². The Balaban J connectivity index is 1.63. The van der Waals surface area contributed by atoms with Gasteiger partial charge in [-0.05, 0) is 30.9 Å². The minimum atomic E-state index is -0.278. The molecule has 0 bridgehead atoms. The first-order chi connectivity index (χ1) is 12.3. The van der Waals surface area contributed by atoms with Crippen LogP contribution < -0.4 is 4.74 Å². The van der Waals surface area contributed by atoms with E-state index in [1.165, 1.54) is 0 Å². The Kier molecular flexibility index (Phi) is 4.45. The van der Waals surface area contributed by atoms with Gasteiger partial charge in [-0.15, -0.1) is 0 Å². The van der Waals surface area contributed by atoms with Gasteiger partial charge in [0.15, 0.2) is 0 Å². The van der Waals surface area contributed by atoms with Crippen LogP contribution in [0.3, 0.4) is 0 Å². The predicted octanol–water partition coefficient (Wildman–Crippen LogP) is 3.81. The Hall–Kier alpha value is -2.33. The first-order valence-corrected chi connectivity index (χ1v) is 8.91. The van der Waals surface area contributed by atoms with Gasteiger partial charge < -0.3 is 14.4 Å². The van der Waals surface area contributed by atoms with E-state index in [9.17, 15) is 4.79 Å². The summed E-state index contributed by atoms with van der Waals surface area (Å²) in [5.41, 5.74) is 1.93. The molecule has 0 aromatic heterocycles. The predicted molar refractivity (Wildman–Crippen MR) is 96.0 cm³/mol. The molecule has 0 N–H and O–H groups in total. The highest BCUT2D eigenvalue weighted by molar-refractivity contribution is 5.89. The van der Waals surface area contributed by atoms with Crippen molar-refractivity contribution in [3.05, 3.63) is 59.7 Å². The Labute approximate surface area is 148 Å². The number of para-hydroxylation sites is 2. The topological polar surface area (TPSA) is 38.8 Å². The summed E-state index contributed by atoms with van der Waals surface area (Å²) in [4.78, 5) is 15.4. The number of nitrogens with zero attached hydrogens (tertiary/aromatic N) is 1. The average Bonchev–Trinajstić information content (AvgIpc) is 2.66. The number of hydrogen-bond donors (Lipinski definition) is 0. The highest BCUT2D eigenvalue weighted by atomic mass is 16.5. The third kappa shape index (κ3) is 3.02. The summed E-state index contributed by atoms with van der Waals surface area (Å²) in [6.45, 7) is 2.38. The van der Waals surface area contributed by atoms with E-state index in [2.05, 4.69) is 0 Å². The first kappa shape index (κ1) is 16.2. The standard InChI is InChI=1S/C21H23NO3/c1-24-14-15-10-12-22(13-11-15)21(23)20-16-6-2-4-8-18(16)25-19-9-5-3-7-17(19)20/h2-9,15,20H,10-14H2,1H3. The third-order valence-electron chi connectivity index (χ3n) is 5.26. The van der Waals surface area contributed by atoms with E-state index >= 15 is 0 Å². The molecule has 0 saturated carbocycles. The van der Waals surface area contributed by atoms with Crippen LogP contribution in [0, 0.1) is 5.92 Å². The zero-order valence-corrected chi connectivity index (χ0v) is 14.5. The Morgan fingerprint density at radius 2 is 1.60 bits per heavy atom. The SMILES string of the molecule is COCC1CCN(C(=O)C2c3ccccc3Oc3ccccc32)CC1. The zero-order chi connectivity index (χ0) is 17.2. The molecule has 1 saturated heterocycles. The molecule has 0 radical (unpaired) electrons. The minimum Gasteiger partial charge on any atom is -0.457 e. The van der Waals surface area contributed by atoms with E-state index in [0.717, 1.165) is 55.2 Å². The summed E-state index contributed by atoms with van der Waals surface area (Å²) >= 11 is 0. The van der Waals surface area contributed by atoms with E-state index in [0.29, 0.717) is 5.92 Å². The van der Waals surface area contributed by atoms with Gasteiger partial charge in [-0.25, -0.2) is 0 Å². The molecule has 2 heterocycles. The van der Waals surface area contributed by atoms with E-state index in [4.69, 9.17) is 9.47 Å². The maximum absolute atomic E-state index is 13.4. The molecule has 2 aliphatic heterocycles. The van der Waals surface area contributed by atoms with Crippen LogP contribution in [0.15, 0.2) is 48.5 Å². The van der Waals surface area contributed by atoms with Crippen molar-refractivity contribution in [3.63, 3.8) is 0 Å². The van der Waals surface area contributed by atoms with Gasteiger partial charge in [0.2, 0.25) is 5.91 Å². The van der Waals surface area contributed by atoms with Gasteiger partial charge in [-0.1, -0.05) is 36.4 Å². The number of rotatable bonds is 3. The highest BCUT2D eigenvalue weighted by Gasteiger charge is 2.36. The van der Waals surface area contributed by atoms with Crippen molar-refractivity contribution in [1.29, 1.82) is 0 Å². The smallest absolute Gasteiger partial charge is 0.234 e. The van der Waals surface area contributed by atoms with Crippen LogP contribution in [-0.4, -0.2) is 37.6 Å². The van der Waals surface area contributed by atoms with Crippen molar-refractivity contribution in [2.75, 3.05) is 26.8 Å². The van der Waals surface area contributed by atoms with Gasteiger partial charge in [0, 0.05) is 37.9 Å². The molecule has 2 aliphatic rings. The number of benzene rings is 2. The van der Waals surface area contributed by atoms with E-state index < -0.39 is 0 Å². The Morgan fingerprint density at radius 1 is 1.04 bits per heavy atom. The monoisotopic (exact) mass is 337 g/mol. The Morgan fingerprint density at radius 3 is 2.16 bits per heavy atom. The number of hydrogen-bond acceptors (Lipinski definition) is 3. The molecule has 4 nitrogen and oxygen atoms in total. The summed E-state index contributed by atoms with van der Waals surface area (Å²) in [5.74, 6) is 2.03. The first-order valence-electron chi connectivity index (χ1n) is 8.91. The zero-order valence-electron chi connectivity index (χ0n) is 14.5. The van der Waals surface area contributed by atoms with Crippen LogP contribution >= 0.6 is 0 Å². The molecule has 130 valence electrons. The second-order valence-electron chi connectivity index (χ2n) is 6.83. The number of likely N-dealkylation sites (tertiary alicyclic amines) is 1. The lowest BCUT2D eigenvalue weighted by Crippen LogP contribution is -2.42. The molecular weight excluding hydrogens is 314 g/mol. The third-order valence-corrected chi connectivity index (χ3v) is 5.26. The number of piperidine rings is 1. The molecule has 2 aromatic carbocycles. The summed E-state index contributed by atoms with van der Waals surface area (Å²) in [6, 6.07) is 15.7. The lowest BCUT2D eigenvalue weighted by molar-refractivity contribution is -0.133. The maximum Gasteiger partial charge on any atom is 0.234 e. The molecule has 0 aliphatic carbocycles. The summed E-state index contributed by atoms with van der Waals surface area (Å²) < 4.78 is 11.3. The van der Waals surface area contributed by atoms with Crippen molar-refractivity contribution in [2.24, 2.45) is 5.92 Å². The van der Waals surface area contributed by atoms with Crippen molar-refractivity contribution in [1.82, 2.24) is 4.90 Å². The summed E-state index contributed by atoms with van der Waals surface area (Å²) in [7, 11) is 1.74. The molecule has 25 heavy (non-hydrogen) atoms. The van der Waals surface area contributed by atoms with Crippen molar-refractivity contribution >= 4 is 5.91 Å². The van der Waals surface area contributed by atoms with E-state index in [1.807, 2.05) is 53.4 Å². The van der Waals surface area contributed by atoms with Crippen molar-refractivity contribution in [3.8, 4) is 11.5 Å². The number of ether oxygens (including phenoxy) is 2. The number of carbonyl (C=O) groups is 1. The molecule has 0 unspecified atom stereocenters. The van der Waals surface area contributed by atoms with E-state index in [-0.39, 0.29) is 11.8 Å². The van der Waals surface area contributed by atoms with Gasteiger partial charge in [0.05, 0.1) is 5.92 Å². The van der Waals surface area contributed by atoms with Crippen LogP contribution in [0.1, 0.15) is 29.9 Å². The van der Waals surface area contributed by atoms with Crippen molar-refractivity contribution < 1.29 is 14.3 Å². The summed E-state index contributed by atoms with van der Waals surface area (Å²) in [5, 5.41) is 0. The van der Waals surface area contributed by atoms with Crippen LogP contribution in [0.4, 0.5) is 0 Å². The lowest BCUT2D eigenvalue weighted by atomic mass is 9.86. The second-order valence-corrected chi connectivity index (χ2v) is 6.83. The fourth-order valence-corrected chi connectivity index (χ4v) is 3.91. The second kappa shape index (κ2) is 6.89. The van der Waals surface area contributed by atoms with Crippen LogP contribution in [0.2, 0.25) is 0 Å². The number of fused-ring (bicyclic) bond motifs is 2. The quantitative estimate of drug-likeness (QED) is 0.855. The maximum atomic E-state index is 13.4. The molecule has 0 atom stereocenters. The van der Waals surface area contributed by atoms with E-state index in [1.54, 1.807) is 7.11 Å². The highest BCUT2D eigenvalue weighted by Crippen LogP contribution is 2.44. The van der Waals surface area contributed by atoms with Gasteiger partial charge in [-0.2, -0.15) is 0 Å². The Bertz CT molecular complexity index is 720. The molecule has 1 fully saturated rings. The molecule has 4 rings (SSSR count). The number of methoxy groups -OCH3 is 1. The van der Waals surface area contributed by atoms with Crippen LogP contribution in [-0.2, 0) is 9.53 Å². The van der Waals surface area contributed by atoms with Gasteiger partial charge in [-0.3, -0.25) is 4.79 Å². The normalized spacial score (nSPS) is 17.6. The van der Waals surface area contributed by atoms with Gasteiger partial charge in [0.1, 0.15) is 11.5 Å². The van der Waals surface area contributed by atoms with Gasteiger partial charge >= 0.3 is 0 Å².